The number of amides is 1. The fourth-order valence-corrected chi connectivity index (χ4v) is 4.31. The summed E-state index contributed by atoms with van der Waals surface area (Å²) in [5.74, 6) is 0.437. The van der Waals surface area contributed by atoms with Gasteiger partial charge in [-0.2, -0.15) is 0 Å². The first-order valence-corrected chi connectivity index (χ1v) is 10.1. The van der Waals surface area contributed by atoms with E-state index in [2.05, 4.69) is 0 Å². The summed E-state index contributed by atoms with van der Waals surface area (Å²) in [6, 6.07) is -0.422. The predicted octanol–water partition coefficient (Wildman–Crippen LogP) is 2.41. The number of aliphatic hydroxyl groups excluding tert-OH is 3. The van der Waals surface area contributed by atoms with Crippen molar-refractivity contribution in [1.29, 1.82) is 0 Å². The van der Waals surface area contributed by atoms with Gasteiger partial charge in [0.15, 0.2) is 0 Å². The Hall–Kier alpha value is -0.890. The highest BCUT2D eigenvalue weighted by Gasteiger charge is 2.54. The van der Waals surface area contributed by atoms with E-state index < -0.39 is 48.4 Å². The molecule has 0 radical (unpaired) electrons. The van der Waals surface area contributed by atoms with Crippen LogP contribution >= 0.6 is 0 Å². The Kier molecular flexibility index (Phi) is 7.17. The monoisotopic (exact) mass is 387 g/mol. The van der Waals surface area contributed by atoms with Gasteiger partial charge in [0.2, 0.25) is 0 Å². The number of carbonyl (C=O) groups is 1. The van der Waals surface area contributed by atoms with Crippen molar-refractivity contribution in [2.24, 2.45) is 5.92 Å². The van der Waals surface area contributed by atoms with Crippen molar-refractivity contribution in [2.45, 2.75) is 109 Å². The van der Waals surface area contributed by atoms with Gasteiger partial charge in [-0.05, 0) is 47.0 Å². The molecule has 2 unspecified atom stereocenters. The van der Waals surface area contributed by atoms with E-state index in [1.807, 2.05) is 20.8 Å². The Morgan fingerprint density at radius 2 is 1.81 bits per heavy atom. The lowest BCUT2D eigenvalue weighted by atomic mass is 9.82. The van der Waals surface area contributed by atoms with E-state index in [9.17, 15) is 20.1 Å². The number of rotatable bonds is 5. The molecule has 3 N–H and O–H groups in total. The minimum Gasteiger partial charge on any atom is -0.444 e. The highest BCUT2D eigenvalue weighted by molar-refractivity contribution is 5.70. The van der Waals surface area contributed by atoms with Gasteiger partial charge < -0.3 is 24.8 Å². The third-order valence-corrected chi connectivity index (χ3v) is 5.52. The van der Waals surface area contributed by atoms with Crippen molar-refractivity contribution in [3.05, 3.63) is 0 Å². The first-order chi connectivity index (χ1) is 12.5. The van der Waals surface area contributed by atoms with Crippen molar-refractivity contribution in [2.75, 3.05) is 6.61 Å². The van der Waals surface area contributed by atoms with Crippen LogP contribution in [-0.2, 0) is 9.47 Å². The van der Waals surface area contributed by atoms with E-state index in [1.54, 1.807) is 18.7 Å². The normalized spacial score (nSPS) is 28.8. The molecule has 1 aliphatic carbocycles. The fraction of sp³-hybridized carbons (Fsp3) is 0.950. The molecule has 0 aromatic carbocycles. The van der Waals surface area contributed by atoms with Gasteiger partial charge >= 0.3 is 6.09 Å². The molecular weight excluding hydrogens is 350 g/mol. The number of ether oxygens (including phenoxy) is 2. The maximum Gasteiger partial charge on any atom is 0.412 e. The third-order valence-electron chi connectivity index (χ3n) is 5.52. The largest absolute Gasteiger partial charge is 0.444 e. The zero-order valence-electron chi connectivity index (χ0n) is 17.4. The molecule has 2 fully saturated rings. The lowest BCUT2D eigenvalue weighted by molar-refractivity contribution is -0.131. The molecule has 1 saturated heterocycles. The molecule has 27 heavy (non-hydrogen) atoms. The molecule has 1 aliphatic heterocycles. The molecule has 1 amide bonds. The summed E-state index contributed by atoms with van der Waals surface area (Å²) >= 11 is 0. The first kappa shape index (κ1) is 22.4. The number of aliphatic hydroxyl groups is 3. The van der Waals surface area contributed by atoms with Crippen LogP contribution in [0.4, 0.5) is 4.79 Å². The van der Waals surface area contributed by atoms with Gasteiger partial charge in [0.1, 0.15) is 29.6 Å². The summed E-state index contributed by atoms with van der Waals surface area (Å²) < 4.78 is 11.6. The van der Waals surface area contributed by atoms with Crippen molar-refractivity contribution in [3.8, 4) is 0 Å². The second-order valence-corrected chi connectivity index (χ2v) is 9.43. The maximum absolute atomic E-state index is 13.0. The fourth-order valence-electron chi connectivity index (χ4n) is 4.31. The molecule has 1 saturated carbocycles. The van der Waals surface area contributed by atoms with Crippen molar-refractivity contribution in [1.82, 2.24) is 4.90 Å². The SMILES string of the molecule is CC(C)(C)OC(=O)N1[C@@H](CC2CCCCC2)[C@H](C(O)C(O)CO)OC1(C)C. The number of hydrogen-bond donors (Lipinski definition) is 3. The van der Waals surface area contributed by atoms with Crippen LogP contribution in [0.5, 0.6) is 0 Å². The molecule has 0 bridgehead atoms. The molecule has 0 aromatic rings. The lowest BCUT2D eigenvalue weighted by Crippen LogP contribution is -2.52. The smallest absolute Gasteiger partial charge is 0.412 e. The standard InChI is InChI=1S/C20H37NO6/c1-19(2,3)27-18(25)21-14(11-13-9-7-6-8-10-13)17(26-20(21,4)5)16(24)15(23)12-22/h13-17,22-24H,6-12H2,1-5H3/t14-,15?,16?,17+/m0/s1. The van der Waals surface area contributed by atoms with Gasteiger partial charge in [-0.15, -0.1) is 0 Å². The van der Waals surface area contributed by atoms with Crippen LogP contribution in [0.3, 0.4) is 0 Å². The molecule has 7 heteroatoms. The third kappa shape index (κ3) is 5.56. The lowest BCUT2D eigenvalue weighted by Gasteiger charge is -2.37. The second-order valence-electron chi connectivity index (χ2n) is 9.43. The summed E-state index contributed by atoms with van der Waals surface area (Å²) in [4.78, 5) is 14.5. The van der Waals surface area contributed by atoms with Crippen LogP contribution in [0.15, 0.2) is 0 Å². The highest BCUT2D eigenvalue weighted by atomic mass is 16.6. The van der Waals surface area contributed by atoms with Gasteiger partial charge in [-0.25, -0.2) is 4.79 Å². The topological polar surface area (TPSA) is 99.5 Å². The summed E-state index contributed by atoms with van der Waals surface area (Å²) in [5.41, 5.74) is -1.63. The average molecular weight is 388 g/mol. The van der Waals surface area contributed by atoms with Crippen molar-refractivity contribution >= 4 is 6.09 Å². The summed E-state index contributed by atoms with van der Waals surface area (Å²) in [5, 5.41) is 29.8. The van der Waals surface area contributed by atoms with Crippen molar-refractivity contribution in [3.63, 3.8) is 0 Å². The van der Waals surface area contributed by atoms with Crippen LogP contribution in [0.25, 0.3) is 0 Å². The Balaban J connectivity index is 2.29. The molecule has 2 rings (SSSR count). The van der Waals surface area contributed by atoms with Crippen molar-refractivity contribution < 1.29 is 29.6 Å². The summed E-state index contributed by atoms with van der Waals surface area (Å²) in [6.45, 7) is 8.40. The molecule has 0 spiro atoms. The summed E-state index contributed by atoms with van der Waals surface area (Å²) in [6.07, 6.45) is 2.55. The number of carbonyl (C=O) groups excluding carboxylic acids is 1. The quantitative estimate of drug-likeness (QED) is 0.670. The van der Waals surface area contributed by atoms with Crippen LogP contribution < -0.4 is 0 Å². The zero-order chi connectivity index (χ0) is 20.4. The molecule has 0 aromatic heterocycles. The number of hydrogen-bond acceptors (Lipinski definition) is 6. The van der Waals surface area contributed by atoms with E-state index in [1.165, 1.54) is 19.3 Å². The van der Waals surface area contributed by atoms with E-state index >= 15 is 0 Å². The summed E-state index contributed by atoms with van der Waals surface area (Å²) in [7, 11) is 0. The average Bonchev–Trinajstić information content (AvgIpc) is 2.83. The molecule has 1 heterocycles. The van der Waals surface area contributed by atoms with E-state index in [0.29, 0.717) is 12.3 Å². The zero-order valence-corrected chi connectivity index (χ0v) is 17.4. The van der Waals surface area contributed by atoms with E-state index in [-0.39, 0.29) is 0 Å². The highest BCUT2D eigenvalue weighted by Crippen LogP contribution is 2.40. The van der Waals surface area contributed by atoms with Crippen LogP contribution in [0.2, 0.25) is 0 Å². The van der Waals surface area contributed by atoms with Crippen LogP contribution in [0, 0.1) is 5.92 Å². The number of nitrogens with zero attached hydrogens (tertiary/aromatic N) is 1. The van der Waals surface area contributed by atoms with Gasteiger partial charge in [0.05, 0.1) is 12.6 Å². The van der Waals surface area contributed by atoms with Gasteiger partial charge in [-0.1, -0.05) is 32.1 Å². The van der Waals surface area contributed by atoms with Gasteiger partial charge in [0.25, 0.3) is 0 Å². The predicted molar refractivity (Wildman–Crippen MR) is 101 cm³/mol. The second kappa shape index (κ2) is 8.64. The molecule has 158 valence electrons. The molecular formula is C20H37NO6. The van der Waals surface area contributed by atoms with Crippen LogP contribution in [0.1, 0.15) is 73.1 Å². The van der Waals surface area contributed by atoms with Gasteiger partial charge in [0, 0.05) is 0 Å². The molecule has 2 aliphatic rings. The Bertz CT molecular complexity index is 497. The van der Waals surface area contributed by atoms with Gasteiger partial charge in [-0.3, -0.25) is 4.90 Å². The minimum absolute atomic E-state index is 0.422. The Morgan fingerprint density at radius 3 is 2.33 bits per heavy atom. The first-order valence-electron chi connectivity index (χ1n) is 10.1. The molecule has 7 nitrogen and oxygen atoms in total. The molecule has 4 atom stereocenters. The Morgan fingerprint density at radius 1 is 1.22 bits per heavy atom. The Labute approximate surface area is 162 Å². The minimum atomic E-state index is -1.32. The maximum atomic E-state index is 13.0. The van der Waals surface area contributed by atoms with E-state index in [0.717, 1.165) is 12.8 Å². The van der Waals surface area contributed by atoms with E-state index in [4.69, 9.17) is 9.47 Å². The van der Waals surface area contributed by atoms with Crippen LogP contribution in [-0.4, -0.2) is 68.6 Å².